The lowest BCUT2D eigenvalue weighted by Gasteiger charge is -2.04. The highest BCUT2D eigenvalue weighted by Gasteiger charge is 2.16. The summed E-state index contributed by atoms with van der Waals surface area (Å²) in [4.78, 5) is -0.476. The highest BCUT2D eigenvalue weighted by molar-refractivity contribution is 7.89. The van der Waals surface area contributed by atoms with Crippen LogP contribution in [0.25, 0.3) is 0 Å². The van der Waals surface area contributed by atoms with Gasteiger partial charge in [-0.1, -0.05) is 24.0 Å². The molecule has 2 aromatic carbocycles. The molecule has 0 atom stereocenters. The molecule has 0 saturated heterocycles. The van der Waals surface area contributed by atoms with Crippen LogP contribution in [-0.4, -0.2) is 21.6 Å². The van der Waals surface area contributed by atoms with Crippen LogP contribution in [0.5, 0.6) is 5.75 Å². The van der Waals surface area contributed by atoms with Crippen molar-refractivity contribution >= 4 is 10.0 Å². The van der Waals surface area contributed by atoms with Crippen LogP contribution in [0.3, 0.4) is 0 Å². The molecule has 0 spiro atoms. The van der Waals surface area contributed by atoms with E-state index in [-0.39, 0.29) is 18.9 Å². The first-order chi connectivity index (χ1) is 11.4. The van der Waals surface area contributed by atoms with E-state index in [1.807, 2.05) is 0 Å². The van der Waals surface area contributed by atoms with Gasteiger partial charge in [-0.2, -0.15) is 4.72 Å². The first-order valence-corrected chi connectivity index (χ1v) is 8.16. The van der Waals surface area contributed by atoms with Crippen LogP contribution in [0.4, 0.5) is 13.2 Å². The highest BCUT2D eigenvalue weighted by atomic mass is 32.2. The van der Waals surface area contributed by atoms with Gasteiger partial charge in [0.05, 0.1) is 6.54 Å². The van der Waals surface area contributed by atoms with Crippen LogP contribution < -0.4 is 9.46 Å². The number of benzene rings is 2. The van der Waals surface area contributed by atoms with Crippen molar-refractivity contribution < 1.29 is 26.3 Å². The normalized spacial score (nSPS) is 10.8. The molecule has 24 heavy (non-hydrogen) atoms. The average molecular weight is 355 g/mol. The van der Waals surface area contributed by atoms with E-state index in [0.717, 1.165) is 24.3 Å². The molecule has 0 saturated carbocycles. The number of ether oxygens (including phenoxy) is 1. The summed E-state index contributed by atoms with van der Waals surface area (Å²) < 4.78 is 70.2. The first-order valence-electron chi connectivity index (χ1n) is 6.68. The SMILES string of the molecule is O=S(=O)(NCC#CCOc1ccc(F)cc1F)c1ccccc1F. The van der Waals surface area contributed by atoms with Gasteiger partial charge in [0.2, 0.25) is 10.0 Å². The van der Waals surface area contributed by atoms with Gasteiger partial charge in [0.15, 0.2) is 11.6 Å². The summed E-state index contributed by atoms with van der Waals surface area (Å²) in [7, 11) is -4.01. The van der Waals surface area contributed by atoms with Crippen LogP contribution >= 0.6 is 0 Å². The molecular formula is C16H12F3NO3S. The van der Waals surface area contributed by atoms with Crippen LogP contribution in [0.1, 0.15) is 0 Å². The first kappa shape index (κ1) is 17.8. The Balaban J connectivity index is 1.87. The van der Waals surface area contributed by atoms with Crippen LogP contribution in [-0.2, 0) is 10.0 Å². The van der Waals surface area contributed by atoms with Crippen molar-refractivity contribution in [2.75, 3.05) is 13.2 Å². The van der Waals surface area contributed by atoms with E-state index in [9.17, 15) is 21.6 Å². The molecule has 0 aliphatic carbocycles. The summed E-state index contributed by atoms with van der Waals surface area (Å²) >= 11 is 0. The van der Waals surface area contributed by atoms with Gasteiger partial charge in [-0.25, -0.2) is 21.6 Å². The standard InChI is InChI=1S/C16H12F3NO3S/c17-12-7-8-15(14(19)11-12)23-10-4-3-9-20-24(21,22)16-6-2-1-5-13(16)18/h1-2,5-8,11,20H,9-10H2. The third-order valence-corrected chi connectivity index (χ3v) is 4.23. The van der Waals surface area contributed by atoms with Gasteiger partial charge in [-0.15, -0.1) is 0 Å². The maximum atomic E-state index is 13.4. The highest BCUT2D eigenvalue weighted by Crippen LogP contribution is 2.17. The largest absolute Gasteiger partial charge is 0.478 e. The monoisotopic (exact) mass is 355 g/mol. The zero-order valence-electron chi connectivity index (χ0n) is 12.2. The Morgan fingerprint density at radius 1 is 1.00 bits per heavy atom. The quantitative estimate of drug-likeness (QED) is 0.839. The maximum Gasteiger partial charge on any atom is 0.244 e. The minimum absolute atomic E-state index is 0.169. The van der Waals surface area contributed by atoms with Gasteiger partial charge < -0.3 is 4.74 Å². The predicted octanol–water partition coefficient (Wildman–Crippen LogP) is 2.46. The molecule has 8 heteroatoms. The van der Waals surface area contributed by atoms with Crippen LogP contribution in [0.2, 0.25) is 0 Å². The van der Waals surface area contributed by atoms with Crippen LogP contribution in [0.15, 0.2) is 47.4 Å². The maximum absolute atomic E-state index is 13.4. The summed E-state index contributed by atoms with van der Waals surface area (Å²) in [5, 5.41) is 0. The zero-order chi connectivity index (χ0) is 17.6. The summed E-state index contributed by atoms with van der Waals surface area (Å²) in [5.41, 5.74) is 0. The van der Waals surface area contributed by atoms with Gasteiger partial charge in [0, 0.05) is 6.07 Å². The Bertz CT molecular complexity index is 889. The Kier molecular flexibility index (Phi) is 5.84. The summed E-state index contributed by atoms with van der Waals surface area (Å²) in [6.07, 6.45) is 0. The zero-order valence-corrected chi connectivity index (χ0v) is 13.0. The second-order valence-corrected chi connectivity index (χ2v) is 6.21. The fourth-order valence-corrected chi connectivity index (χ4v) is 2.69. The number of sulfonamides is 1. The third kappa shape index (κ3) is 4.75. The van der Waals surface area contributed by atoms with Gasteiger partial charge in [0.25, 0.3) is 0 Å². The molecule has 0 aliphatic heterocycles. The van der Waals surface area contributed by atoms with E-state index >= 15 is 0 Å². The second-order valence-electron chi connectivity index (χ2n) is 4.47. The Morgan fingerprint density at radius 2 is 1.75 bits per heavy atom. The van der Waals surface area contributed by atoms with Crippen molar-refractivity contribution in [1.82, 2.24) is 4.72 Å². The Labute approximate surface area is 137 Å². The van der Waals surface area contributed by atoms with Crippen molar-refractivity contribution in [2.45, 2.75) is 4.90 Å². The number of hydrogen-bond donors (Lipinski definition) is 1. The molecule has 0 heterocycles. The molecule has 1 N–H and O–H groups in total. The van der Waals surface area contributed by atoms with Gasteiger partial charge >= 0.3 is 0 Å². The number of rotatable bonds is 5. The molecule has 0 aliphatic rings. The lowest BCUT2D eigenvalue weighted by atomic mass is 10.3. The lowest BCUT2D eigenvalue weighted by Crippen LogP contribution is -2.25. The fourth-order valence-electron chi connectivity index (χ4n) is 1.69. The minimum Gasteiger partial charge on any atom is -0.478 e. The van der Waals surface area contributed by atoms with E-state index < -0.39 is 32.4 Å². The van der Waals surface area contributed by atoms with Gasteiger partial charge in [-0.05, 0) is 24.3 Å². The predicted molar refractivity (Wildman–Crippen MR) is 81.2 cm³/mol. The minimum atomic E-state index is -4.01. The average Bonchev–Trinajstić information content (AvgIpc) is 2.52. The second kappa shape index (κ2) is 7.86. The molecule has 0 unspecified atom stereocenters. The third-order valence-electron chi connectivity index (χ3n) is 2.80. The molecule has 0 bridgehead atoms. The number of hydrogen-bond acceptors (Lipinski definition) is 3. The summed E-state index contributed by atoms with van der Waals surface area (Å²) in [6, 6.07) is 7.76. The van der Waals surface area contributed by atoms with Crippen molar-refractivity contribution in [1.29, 1.82) is 0 Å². The molecule has 0 amide bonds. The van der Waals surface area contributed by atoms with E-state index in [4.69, 9.17) is 4.74 Å². The van der Waals surface area contributed by atoms with Gasteiger partial charge in [-0.3, -0.25) is 0 Å². The van der Waals surface area contributed by atoms with E-state index in [0.29, 0.717) is 6.07 Å². The van der Waals surface area contributed by atoms with Crippen molar-refractivity contribution in [3.63, 3.8) is 0 Å². The van der Waals surface area contributed by atoms with E-state index in [1.165, 1.54) is 12.1 Å². The summed E-state index contributed by atoms with van der Waals surface area (Å²) in [5.74, 6) is 2.28. The molecule has 2 aromatic rings. The molecular weight excluding hydrogens is 343 g/mol. The van der Waals surface area contributed by atoms with E-state index in [2.05, 4.69) is 16.6 Å². The number of halogens is 3. The Morgan fingerprint density at radius 3 is 2.46 bits per heavy atom. The molecule has 0 aromatic heterocycles. The molecule has 0 radical (unpaired) electrons. The fraction of sp³-hybridized carbons (Fsp3) is 0.125. The van der Waals surface area contributed by atoms with Crippen LogP contribution in [0, 0.1) is 29.3 Å². The molecule has 0 fully saturated rings. The smallest absolute Gasteiger partial charge is 0.244 e. The Hall–Kier alpha value is -2.50. The molecule has 4 nitrogen and oxygen atoms in total. The van der Waals surface area contributed by atoms with Crippen molar-refractivity contribution in [3.8, 4) is 17.6 Å². The van der Waals surface area contributed by atoms with Gasteiger partial charge in [0.1, 0.15) is 23.1 Å². The van der Waals surface area contributed by atoms with Crippen molar-refractivity contribution in [3.05, 3.63) is 59.9 Å². The lowest BCUT2D eigenvalue weighted by molar-refractivity contribution is 0.346. The number of nitrogens with one attached hydrogen (secondary N) is 1. The van der Waals surface area contributed by atoms with E-state index in [1.54, 1.807) is 0 Å². The topological polar surface area (TPSA) is 55.4 Å². The summed E-state index contributed by atoms with van der Waals surface area (Å²) in [6.45, 7) is -0.490. The molecule has 126 valence electrons. The van der Waals surface area contributed by atoms with Crippen molar-refractivity contribution in [2.24, 2.45) is 0 Å². The molecule has 2 rings (SSSR count).